The molecule has 1 atom stereocenters. The average Bonchev–Trinajstić information content (AvgIpc) is 2.23. The van der Waals surface area contributed by atoms with Crippen molar-refractivity contribution in [2.75, 3.05) is 18.1 Å². The van der Waals surface area contributed by atoms with Gasteiger partial charge in [-0.2, -0.15) is 12.6 Å². The first kappa shape index (κ1) is 15.6. The van der Waals surface area contributed by atoms with Gasteiger partial charge in [0, 0.05) is 24.0 Å². The Kier molecular flexibility index (Phi) is 6.85. The van der Waals surface area contributed by atoms with Crippen LogP contribution in [0.15, 0.2) is 0 Å². The quantitative estimate of drug-likeness (QED) is 0.389. The lowest BCUT2D eigenvalue weighted by Gasteiger charge is -2.28. The number of hydrogen-bond donors (Lipinski definition) is 4. The summed E-state index contributed by atoms with van der Waals surface area (Å²) in [6, 6.07) is 0. The van der Waals surface area contributed by atoms with E-state index in [1.165, 1.54) is 0 Å². The molecule has 0 saturated carbocycles. The molecule has 0 radical (unpaired) electrons. The van der Waals surface area contributed by atoms with E-state index in [1.54, 1.807) is 13.8 Å². The number of carbonyl (C=O) groups excluding carboxylic acids is 1. The maximum absolute atomic E-state index is 11.5. The van der Waals surface area contributed by atoms with Gasteiger partial charge in [-0.15, -0.1) is 11.8 Å². The van der Waals surface area contributed by atoms with E-state index < -0.39 is 10.8 Å². The molecule has 0 aliphatic carbocycles. The first-order valence-electron chi connectivity index (χ1n) is 4.90. The molecule has 5 nitrogen and oxygen atoms in total. The molecule has 0 fully saturated rings. The van der Waals surface area contributed by atoms with Crippen LogP contribution in [0.1, 0.15) is 13.8 Å². The van der Waals surface area contributed by atoms with Crippen molar-refractivity contribution < 1.29 is 14.7 Å². The number of nitrogens with two attached hydrogens (primary N) is 1. The molecule has 4 N–H and O–H groups in total. The van der Waals surface area contributed by atoms with Crippen LogP contribution in [-0.4, -0.2) is 39.9 Å². The van der Waals surface area contributed by atoms with Gasteiger partial charge in [-0.25, -0.2) is 4.79 Å². The minimum Gasteiger partial charge on any atom is -0.479 e. The number of aliphatic carboxylic acids is 1. The van der Waals surface area contributed by atoms with Crippen LogP contribution in [0.2, 0.25) is 0 Å². The molecule has 0 saturated heterocycles. The highest BCUT2D eigenvalue weighted by Gasteiger charge is 2.39. The molecule has 7 heteroatoms. The Bertz CT molecular complexity index is 261. The summed E-state index contributed by atoms with van der Waals surface area (Å²) in [5.41, 5.74) is 5.33. The van der Waals surface area contributed by atoms with E-state index in [0.29, 0.717) is 12.3 Å². The minimum atomic E-state index is -1.39. The lowest BCUT2D eigenvalue weighted by atomic mass is 10.2. The fourth-order valence-electron chi connectivity index (χ4n) is 0.881. The molecule has 0 unspecified atom stereocenters. The van der Waals surface area contributed by atoms with Crippen molar-refractivity contribution in [3.8, 4) is 0 Å². The zero-order valence-electron chi connectivity index (χ0n) is 9.40. The molecule has 0 spiro atoms. The number of thioether (sulfide) groups is 1. The van der Waals surface area contributed by atoms with Crippen molar-refractivity contribution >= 4 is 36.3 Å². The van der Waals surface area contributed by atoms with Gasteiger partial charge in [-0.05, 0) is 0 Å². The lowest BCUT2D eigenvalue weighted by molar-refractivity contribution is -0.143. The van der Waals surface area contributed by atoms with E-state index in [-0.39, 0.29) is 17.6 Å². The zero-order chi connectivity index (χ0) is 12.8. The molecule has 0 rings (SSSR count). The maximum atomic E-state index is 11.5. The van der Waals surface area contributed by atoms with Crippen LogP contribution in [0.25, 0.3) is 0 Å². The third kappa shape index (κ3) is 4.23. The van der Waals surface area contributed by atoms with Crippen molar-refractivity contribution in [1.82, 2.24) is 5.32 Å². The normalized spacial score (nSPS) is 14.6. The fourth-order valence-corrected chi connectivity index (χ4v) is 2.22. The van der Waals surface area contributed by atoms with Gasteiger partial charge in [-0.1, -0.05) is 13.8 Å². The van der Waals surface area contributed by atoms with Crippen molar-refractivity contribution in [2.45, 2.75) is 18.7 Å². The summed E-state index contributed by atoms with van der Waals surface area (Å²) in [5.74, 6) is -1.20. The Morgan fingerprint density at radius 3 is 2.44 bits per heavy atom. The molecule has 0 bridgehead atoms. The highest BCUT2D eigenvalue weighted by atomic mass is 32.2. The molecular weight excluding hydrogens is 248 g/mol. The molecule has 94 valence electrons. The Morgan fingerprint density at radius 2 is 2.12 bits per heavy atom. The summed E-state index contributed by atoms with van der Waals surface area (Å²) in [5, 5.41) is 11.7. The Balaban J connectivity index is 4.76. The summed E-state index contributed by atoms with van der Waals surface area (Å²) >= 11 is 5.09. The van der Waals surface area contributed by atoms with Crippen LogP contribution in [0.4, 0.5) is 0 Å². The summed E-state index contributed by atoms with van der Waals surface area (Å²) in [6.07, 6.45) is 0. The second-order valence-corrected chi connectivity index (χ2v) is 5.28. The van der Waals surface area contributed by atoms with E-state index in [2.05, 4.69) is 17.9 Å². The van der Waals surface area contributed by atoms with Crippen LogP contribution in [0, 0.1) is 5.92 Å². The molecule has 16 heavy (non-hydrogen) atoms. The van der Waals surface area contributed by atoms with Crippen LogP contribution >= 0.6 is 24.4 Å². The van der Waals surface area contributed by atoms with Crippen LogP contribution in [0.3, 0.4) is 0 Å². The Morgan fingerprint density at radius 1 is 1.56 bits per heavy atom. The van der Waals surface area contributed by atoms with Gasteiger partial charge in [0.25, 0.3) is 0 Å². The summed E-state index contributed by atoms with van der Waals surface area (Å²) < 4.78 is 0. The monoisotopic (exact) mass is 266 g/mol. The SMILES string of the molecule is CC(C)C(=O)N[C@@](CS)(SCCN)C(=O)O. The van der Waals surface area contributed by atoms with Crippen molar-refractivity contribution in [3.63, 3.8) is 0 Å². The van der Waals surface area contributed by atoms with Crippen molar-refractivity contribution in [3.05, 3.63) is 0 Å². The predicted molar refractivity (Wildman–Crippen MR) is 68.7 cm³/mol. The smallest absolute Gasteiger partial charge is 0.340 e. The van der Waals surface area contributed by atoms with Crippen molar-refractivity contribution in [1.29, 1.82) is 0 Å². The number of carboxylic acid groups (broad SMARTS) is 1. The molecule has 0 aliphatic heterocycles. The second kappa shape index (κ2) is 7.03. The predicted octanol–water partition coefficient (Wildman–Crippen LogP) is 0.161. The van der Waals surface area contributed by atoms with Gasteiger partial charge in [0.2, 0.25) is 5.91 Å². The number of hydrogen-bond acceptors (Lipinski definition) is 5. The third-order valence-corrected chi connectivity index (χ3v) is 3.93. The average molecular weight is 266 g/mol. The molecule has 0 aromatic heterocycles. The molecule has 0 aliphatic rings. The van der Waals surface area contributed by atoms with Gasteiger partial charge in [0.1, 0.15) is 0 Å². The molecule has 1 amide bonds. The van der Waals surface area contributed by atoms with E-state index >= 15 is 0 Å². The fraction of sp³-hybridized carbons (Fsp3) is 0.778. The minimum absolute atomic E-state index is 0.0193. The van der Waals surface area contributed by atoms with Gasteiger partial charge in [0.15, 0.2) is 4.87 Å². The third-order valence-electron chi connectivity index (χ3n) is 1.88. The first-order chi connectivity index (χ1) is 7.39. The number of amides is 1. The Labute approximate surface area is 105 Å². The zero-order valence-corrected chi connectivity index (χ0v) is 11.1. The van der Waals surface area contributed by atoms with Gasteiger partial charge >= 0.3 is 5.97 Å². The molecule has 0 aromatic carbocycles. The van der Waals surface area contributed by atoms with E-state index in [9.17, 15) is 9.59 Å². The van der Waals surface area contributed by atoms with E-state index in [4.69, 9.17) is 10.8 Å². The topological polar surface area (TPSA) is 92.4 Å². The summed E-state index contributed by atoms with van der Waals surface area (Å²) in [6.45, 7) is 3.76. The molecule has 0 aromatic rings. The summed E-state index contributed by atoms with van der Waals surface area (Å²) in [7, 11) is 0. The standard InChI is InChI=1S/C9H18N2O3S2/c1-6(2)7(12)11-9(5-15,8(13)14)16-4-3-10/h6,15H,3-5,10H2,1-2H3,(H,11,12)(H,13,14)/t9-/m0/s1. The number of nitrogens with one attached hydrogen (secondary N) is 1. The highest BCUT2D eigenvalue weighted by Crippen LogP contribution is 2.24. The van der Waals surface area contributed by atoms with Crippen LogP contribution in [-0.2, 0) is 9.59 Å². The largest absolute Gasteiger partial charge is 0.479 e. The van der Waals surface area contributed by atoms with Crippen LogP contribution < -0.4 is 11.1 Å². The van der Waals surface area contributed by atoms with E-state index in [0.717, 1.165) is 11.8 Å². The number of rotatable bonds is 7. The maximum Gasteiger partial charge on any atom is 0.340 e. The number of carboxylic acids is 1. The van der Waals surface area contributed by atoms with Crippen LogP contribution in [0.5, 0.6) is 0 Å². The lowest BCUT2D eigenvalue weighted by Crippen LogP contribution is -2.55. The number of thiol groups is 1. The Hall–Kier alpha value is -0.400. The second-order valence-electron chi connectivity index (χ2n) is 3.57. The van der Waals surface area contributed by atoms with Gasteiger partial charge in [-0.3, -0.25) is 4.79 Å². The molecular formula is C9H18N2O3S2. The van der Waals surface area contributed by atoms with Crippen molar-refractivity contribution in [2.24, 2.45) is 11.7 Å². The van der Waals surface area contributed by atoms with E-state index in [1.807, 2.05) is 0 Å². The van der Waals surface area contributed by atoms with Gasteiger partial charge in [0.05, 0.1) is 0 Å². The number of carbonyl (C=O) groups is 2. The highest BCUT2D eigenvalue weighted by molar-refractivity contribution is 8.02. The molecule has 0 heterocycles. The summed E-state index contributed by atoms with van der Waals surface area (Å²) in [4.78, 5) is 21.3. The first-order valence-corrected chi connectivity index (χ1v) is 6.51. The van der Waals surface area contributed by atoms with Gasteiger partial charge < -0.3 is 16.2 Å².